The van der Waals surface area contributed by atoms with Gasteiger partial charge in [0.05, 0.1) is 0 Å². The molecular formula is C18H17FN4O. The summed E-state index contributed by atoms with van der Waals surface area (Å²) in [6, 6.07) is 8.31. The predicted molar refractivity (Wildman–Crippen MR) is 92.4 cm³/mol. The third kappa shape index (κ3) is 3.27. The van der Waals surface area contributed by atoms with Crippen LogP contribution in [-0.2, 0) is 11.3 Å². The standard InChI is InChI=1S/C18H17FN4O/c1-23(17(24)8-6-12-5-7-16(20)22-9-12)11-13-10-21-15-4-2-3-14(19)18(13)15/h2-10,21H,11H2,1H3,(H2,20,22). The summed E-state index contributed by atoms with van der Waals surface area (Å²) in [7, 11) is 1.67. The normalized spacial score (nSPS) is 11.2. The van der Waals surface area contributed by atoms with Crippen LogP contribution in [0.5, 0.6) is 0 Å². The van der Waals surface area contributed by atoms with E-state index in [2.05, 4.69) is 9.97 Å². The molecule has 24 heavy (non-hydrogen) atoms. The molecule has 0 unspecified atom stereocenters. The van der Waals surface area contributed by atoms with Crippen LogP contribution in [0.15, 0.2) is 48.8 Å². The van der Waals surface area contributed by atoms with Gasteiger partial charge in [-0.2, -0.15) is 0 Å². The summed E-state index contributed by atoms with van der Waals surface area (Å²) in [4.78, 5) is 20.7. The number of aromatic nitrogens is 2. The minimum Gasteiger partial charge on any atom is -0.384 e. The molecule has 1 amide bonds. The van der Waals surface area contributed by atoms with E-state index in [4.69, 9.17) is 5.73 Å². The van der Waals surface area contributed by atoms with Gasteiger partial charge in [0.2, 0.25) is 5.91 Å². The molecule has 0 aliphatic heterocycles. The lowest BCUT2D eigenvalue weighted by molar-refractivity contribution is -0.125. The second-order valence-corrected chi connectivity index (χ2v) is 5.52. The lowest BCUT2D eigenvalue weighted by atomic mass is 10.1. The number of amides is 1. The Kier molecular flexibility index (Phi) is 4.29. The highest BCUT2D eigenvalue weighted by Gasteiger charge is 2.12. The summed E-state index contributed by atoms with van der Waals surface area (Å²) in [5.41, 5.74) is 7.76. The van der Waals surface area contributed by atoms with E-state index in [1.807, 2.05) is 0 Å². The number of pyridine rings is 1. The first kappa shape index (κ1) is 15.7. The molecule has 122 valence electrons. The van der Waals surface area contributed by atoms with E-state index in [1.165, 1.54) is 17.0 Å². The highest BCUT2D eigenvalue weighted by Crippen LogP contribution is 2.22. The average Bonchev–Trinajstić information content (AvgIpc) is 2.98. The minimum absolute atomic E-state index is 0.183. The first-order valence-electron chi connectivity index (χ1n) is 7.44. The van der Waals surface area contributed by atoms with Crippen LogP contribution in [0.1, 0.15) is 11.1 Å². The third-order valence-corrected chi connectivity index (χ3v) is 3.75. The molecule has 3 N–H and O–H groups in total. The molecule has 0 atom stereocenters. The van der Waals surface area contributed by atoms with Crippen molar-refractivity contribution in [2.24, 2.45) is 0 Å². The number of nitrogens with one attached hydrogen (secondary N) is 1. The molecule has 5 nitrogen and oxygen atoms in total. The Bertz CT molecular complexity index is 899. The van der Waals surface area contributed by atoms with Gasteiger partial charge in [-0.25, -0.2) is 9.37 Å². The van der Waals surface area contributed by atoms with Crippen molar-refractivity contribution in [2.75, 3.05) is 12.8 Å². The number of benzene rings is 1. The van der Waals surface area contributed by atoms with Gasteiger partial charge in [0.15, 0.2) is 0 Å². The largest absolute Gasteiger partial charge is 0.384 e. The van der Waals surface area contributed by atoms with Gasteiger partial charge in [0, 0.05) is 43.0 Å². The molecule has 0 saturated carbocycles. The molecule has 2 aromatic heterocycles. The Morgan fingerprint density at radius 3 is 2.96 bits per heavy atom. The van der Waals surface area contributed by atoms with Crippen molar-refractivity contribution in [2.45, 2.75) is 6.54 Å². The van der Waals surface area contributed by atoms with Crippen LogP contribution >= 0.6 is 0 Å². The highest BCUT2D eigenvalue weighted by atomic mass is 19.1. The number of nitrogens with zero attached hydrogens (tertiary/aromatic N) is 2. The monoisotopic (exact) mass is 324 g/mol. The molecule has 0 spiro atoms. The molecule has 0 fully saturated rings. The first-order valence-corrected chi connectivity index (χ1v) is 7.44. The van der Waals surface area contributed by atoms with E-state index in [0.717, 1.165) is 11.1 Å². The molecule has 0 aliphatic carbocycles. The van der Waals surface area contributed by atoms with Crippen molar-refractivity contribution in [3.8, 4) is 0 Å². The Morgan fingerprint density at radius 2 is 2.21 bits per heavy atom. The number of carbonyl (C=O) groups is 1. The van der Waals surface area contributed by atoms with Gasteiger partial charge in [0.25, 0.3) is 0 Å². The number of nitrogens with two attached hydrogens (primary N) is 1. The number of anilines is 1. The van der Waals surface area contributed by atoms with E-state index < -0.39 is 0 Å². The minimum atomic E-state index is -0.298. The Hall–Kier alpha value is -3.15. The molecule has 1 aromatic carbocycles. The molecular weight excluding hydrogens is 307 g/mol. The van der Waals surface area contributed by atoms with Crippen LogP contribution in [0.4, 0.5) is 10.2 Å². The van der Waals surface area contributed by atoms with E-state index in [0.29, 0.717) is 23.3 Å². The van der Waals surface area contributed by atoms with Gasteiger partial charge in [-0.15, -0.1) is 0 Å². The number of hydrogen-bond acceptors (Lipinski definition) is 3. The quantitative estimate of drug-likeness (QED) is 0.725. The summed E-state index contributed by atoms with van der Waals surface area (Å²) >= 11 is 0. The smallest absolute Gasteiger partial charge is 0.246 e. The number of halogens is 1. The maximum absolute atomic E-state index is 14.0. The molecule has 3 aromatic rings. The fourth-order valence-electron chi connectivity index (χ4n) is 2.48. The number of nitrogen functional groups attached to an aromatic ring is 1. The second kappa shape index (κ2) is 6.54. The van der Waals surface area contributed by atoms with Crippen LogP contribution in [0.2, 0.25) is 0 Å². The maximum atomic E-state index is 14.0. The van der Waals surface area contributed by atoms with Crippen LogP contribution in [0, 0.1) is 5.82 Å². The number of aromatic amines is 1. The fourth-order valence-corrected chi connectivity index (χ4v) is 2.48. The highest BCUT2D eigenvalue weighted by molar-refractivity contribution is 5.92. The van der Waals surface area contributed by atoms with Crippen molar-refractivity contribution in [3.05, 3.63) is 65.7 Å². The van der Waals surface area contributed by atoms with Crippen LogP contribution in [0.3, 0.4) is 0 Å². The van der Waals surface area contributed by atoms with Crippen molar-refractivity contribution >= 4 is 28.7 Å². The molecule has 6 heteroatoms. The van der Waals surface area contributed by atoms with Crippen molar-refractivity contribution in [1.82, 2.24) is 14.9 Å². The van der Waals surface area contributed by atoms with Crippen LogP contribution in [0.25, 0.3) is 17.0 Å². The molecule has 2 heterocycles. The van der Waals surface area contributed by atoms with E-state index in [1.54, 1.807) is 49.8 Å². The zero-order chi connectivity index (χ0) is 17.1. The van der Waals surface area contributed by atoms with Gasteiger partial charge in [0.1, 0.15) is 11.6 Å². The van der Waals surface area contributed by atoms with Gasteiger partial charge in [-0.1, -0.05) is 6.07 Å². The summed E-state index contributed by atoms with van der Waals surface area (Å²) in [6.07, 6.45) is 6.44. The van der Waals surface area contributed by atoms with E-state index >= 15 is 0 Å². The third-order valence-electron chi connectivity index (χ3n) is 3.75. The lowest BCUT2D eigenvalue weighted by Crippen LogP contribution is -2.24. The number of hydrogen-bond donors (Lipinski definition) is 2. The summed E-state index contributed by atoms with van der Waals surface area (Å²) in [5.74, 6) is -0.0532. The topological polar surface area (TPSA) is 75.0 Å². The molecule has 3 rings (SSSR count). The first-order chi connectivity index (χ1) is 11.5. The number of H-pyrrole nitrogens is 1. The lowest BCUT2D eigenvalue weighted by Gasteiger charge is -2.14. The zero-order valence-corrected chi connectivity index (χ0v) is 13.2. The predicted octanol–water partition coefficient (Wildman–Crippen LogP) is 2.96. The van der Waals surface area contributed by atoms with E-state index in [9.17, 15) is 9.18 Å². The summed E-state index contributed by atoms with van der Waals surface area (Å²) in [6.45, 7) is 0.310. The van der Waals surface area contributed by atoms with Gasteiger partial charge in [-0.05, 0) is 41.5 Å². The number of carbonyl (C=O) groups excluding carboxylic acids is 1. The van der Waals surface area contributed by atoms with Gasteiger partial charge < -0.3 is 15.6 Å². The summed E-state index contributed by atoms with van der Waals surface area (Å²) < 4.78 is 14.0. The Morgan fingerprint density at radius 1 is 1.38 bits per heavy atom. The van der Waals surface area contributed by atoms with Crippen LogP contribution < -0.4 is 5.73 Å². The van der Waals surface area contributed by atoms with Crippen molar-refractivity contribution in [3.63, 3.8) is 0 Å². The number of rotatable bonds is 4. The maximum Gasteiger partial charge on any atom is 0.246 e. The van der Waals surface area contributed by atoms with Gasteiger partial charge >= 0.3 is 0 Å². The Labute approximate surface area is 138 Å². The van der Waals surface area contributed by atoms with Crippen molar-refractivity contribution in [1.29, 1.82) is 0 Å². The molecule has 0 radical (unpaired) electrons. The number of fused-ring (bicyclic) bond motifs is 1. The fraction of sp³-hybridized carbons (Fsp3) is 0.111. The average molecular weight is 324 g/mol. The zero-order valence-electron chi connectivity index (χ0n) is 13.2. The van der Waals surface area contributed by atoms with Crippen molar-refractivity contribution < 1.29 is 9.18 Å². The molecule has 0 saturated heterocycles. The second-order valence-electron chi connectivity index (χ2n) is 5.52. The molecule has 0 aliphatic rings. The van der Waals surface area contributed by atoms with Crippen LogP contribution in [-0.4, -0.2) is 27.8 Å². The molecule has 0 bridgehead atoms. The van der Waals surface area contributed by atoms with E-state index in [-0.39, 0.29) is 11.7 Å². The van der Waals surface area contributed by atoms with Gasteiger partial charge in [-0.3, -0.25) is 4.79 Å². The Balaban J connectivity index is 1.72. The summed E-state index contributed by atoms with van der Waals surface area (Å²) in [5, 5.41) is 0.517. The number of likely N-dealkylation sites (N-methyl/N-ethyl adjacent to an activating group) is 1. The SMILES string of the molecule is CN(Cc1c[nH]c2cccc(F)c12)C(=O)C=Cc1ccc(N)nc1.